The van der Waals surface area contributed by atoms with Crippen LogP contribution in [0.2, 0.25) is 0 Å². The second-order valence-corrected chi connectivity index (χ2v) is 5.19. The molecule has 114 valence electrons. The Bertz CT molecular complexity index is 657. The summed E-state index contributed by atoms with van der Waals surface area (Å²) in [6.07, 6.45) is 1.26. The van der Waals surface area contributed by atoms with E-state index >= 15 is 0 Å². The summed E-state index contributed by atoms with van der Waals surface area (Å²) in [5, 5.41) is 7.61. The van der Waals surface area contributed by atoms with E-state index in [0.717, 1.165) is 11.4 Å². The van der Waals surface area contributed by atoms with Crippen LogP contribution < -0.4 is 5.73 Å². The number of hydrogen-bond donors (Lipinski definition) is 1. The molecule has 0 aliphatic carbocycles. The summed E-state index contributed by atoms with van der Waals surface area (Å²) >= 11 is 0. The van der Waals surface area contributed by atoms with Gasteiger partial charge in [-0.3, -0.25) is 9.78 Å². The van der Waals surface area contributed by atoms with Crippen molar-refractivity contribution in [1.29, 1.82) is 0 Å². The Morgan fingerprint density at radius 2 is 2.32 bits per heavy atom. The van der Waals surface area contributed by atoms with E-state index in [9.17, 15) is 4.79 Å². The fourth-order valence-corrected chi connectivity index (χ4v) is 2.48. The van der Waals surface area contributed by atoms with Gasteiger partial charge in [0.25, 0.3) is 5.91 Å². The number of pyridine rings is 1. The molecule has 0 spiro atoms. The Hall–Kier alpha value is -2.54. The first kappa shape index (κ1) is 14.4. The number of rotatable bonds is 2. The second kappa shape index (κ2) is 6.07. The molecule has 0 unspecified atom stereocenters. The number of anilines is 1. The van der Waals surface area contributed by atoms with E-state index in [1.54, 1.807) is 35.4 Å². The largest absolute Gasteiger partial charge is 0.399 e. The van der Waals surface area contributed by atoms with Crippen molar-refractivity contribution >= 4 is 11.6 Å². The van der Waals surface area contributed by atoms with E-state index < -0.39 is 0 Å². The van der Waals surface area contributed by atoms with Gasteiger partial charge in [-0.15, -0.1) is 5.10 Å². The van der Waals surface area contributed by atoms with Gasteiger partial charge in [-0.25, -0.2) is 0 Å². The molecule has 1 aliphatic heterocycles. The molecule has 1 atom stereocenters. The van der Waals surface area contributed by atoms with Crippen LogP contribution in [0.1, 0.15) is 28.0 Å². The maximum atomic E-state index is 12.4. The van der Waals surface area contributed by atoms with E-state index in [1.807, 2.05) is 6.92 Å². The van der Waals surface area contributed by atoms with Gasteiger partial charge in [0.2, 0.25) is 0 Å². The van der Waals surface area contributed by atoms with Crippen molar-refractivity contribution < 1.29 is 9.53 Å². The van der Waals surface area contributed by atoms with Crippen LogP contribution in [0.25, 0.3) is 0 Å². The number of aromatic nitrogens is 3. The number of hydrogen-bond acceptors (Lipinski definition) is 6. The molecule has 0 radical (unpaired) electrons. The van der Waals surface area contributed by atoms with Crippen LogP contribution in [0.15, 0.2) is 30.5 Å². The lowest BCUT2D eigenvalue weighted by Crippen LogP contribution is -2.42. The standard InChI is InChI=1S/C15H17N5O2/c1-10-7-11(16)8-13(18-10)14-9-20(5-6-22-14)15(21)12-3-2-4-17-19-12/h2-4,7-8,14H,5-6,9H2,1H3,(H2,16,18)/t14-/m1/s1. The van der Waals surface area contributed by atoms with Crippen LogP contribution in [0.4, 0.5) is 5.69 Å². The van der Waals surface area contributed by atoms with Gasteiger partial charge < -0.3 is 15.4 Å². The zero-order valence-corrected chi connectivity index (χ0v) is 12.3. The normalized spacial score (nSPS) is 18.2. The number of nitrogen functional groups attached to an aromatic ring is 1. The van der Waals surface area contributed by atoms with Crippen LogP contribution in [0.5, 0.6) is 0 Å². The predicted octanol–water partition coefficient (Wildman–Crippen LogP) is 0.976. The van der Waals surface area contributed by atoms with Crippen molar-refractivity contribution in [3.8, 4) is 0 Å². The van der Waals surface area contributed by atoms with E-state index in [4.69, 9.17) is 10.5 Å². The van der Waals surface area contributed by atoms with Gasteiger partial charge in [-0.2, -0.15) is 5.10 Å². The molecular weight excluding hydrogens is 282 g/mol. The summed E-state index contributed by atoms with van der Waals surface area (Å²) in [5.74, 6) is -0.151. The molecular formula is C15H17N5O2. The van der Waals surface area contributed by atoms with Crippen LogP contribution in [0, 0.1) is 6.92 Å². The summed E-state index contributed by atoms with van der Waals surface area (Å²) in [4.78, 5) is 18.6. The van der Waals surface area contributed by atoms with Crippen LogP contribution in [0.3, 0.4) is 0 Å². The lowest BCUT2D eigenvalue weighted by Gasteiger charge is -2.32. The molecule has 2 aromatic rings. The Labute approximate surface area is 128 Å². The minimum atomic E-state index is -0.281. The molecule has 3 heterocycles. The fraction of sp³-hybridized carbons (Fsp3) is 0.333. The highest BCUT2D eigenvalue weighted by molar-refractivity contribution is 5.92. The lowest BCUT2D eigenvalue weighted by atomic mass is 10.1. The number of ether oxygens (including phenoxy) is 1. The number of morpholine rings is 1. The van der Waals surface area contributed by atoms with Crippen molar-refractivity contribution in [3.05, 3.63) is 47.5 Å². The van der Waals surface area contributed by atoms with Gasteiger partial charge in [-0.05, 0) is 31.2 Å². The van der Waals surface area contributed by atoms with E-state index in [1.165, 1.54) is 0 Å². The maximum absolute atomic E-state index is 12.4. The van der Waals surface area contributed by atoms with Crippen molar-refractivity contribution in [2.45, 2.75) is 13.0 Å². The van der Waals surface area contributed by atoms with Crippen LogP contribution in [-0.4, -0.2) is 45.7 Å². The molecule has 1 fully saturated rings. The van der Waals surface area contributed by atoms with Crippen LogP contribution in [-0.2, 0) is 4.74 Å². The number of nitrogens with two attached hydrogens (primary N) is 1. The van der Waals surface area contributed by atoms with E-state index in [0.29, 0.717) is 31.1 Å². The lowest BCUT2D eigenvalue weighted by molar-refractivity contribution is -0.0249. The highest BCUT2D eigenvalue weighted by atomic mass is 16.5. The highest BCUT2D eigenvalue weighted by Crippen LogP contribution is 2.23. The molecule has 0 bridgehead atoms. The molecule has 3 rings (SSSR count). The molecule has 7 heteroatoms. The number of amides is 1. The minimum absolute atomic E-state index is 0.151. The molecule has 0 saturated carbocycles. The number of nitrogens with zero attached hydrogens (tertiary/aromatic N) is 4. The monoisotopic (exact) mass is 299 g/mol. The minimum Gasteiger partial charge on any atom is -0.399 e. The van der Waals surface area contributed by atoms with Gasteiger partial charge in [0.1, 0.15) is 6.10 Å². The number of carbonyl (C=O) groups excluding carboxylic acids is 1. The van der Waals surface area contributed by atoms with Crippen LogP contribution >= 0.6 is 0 Å². The SMILES string of the molecule is Cc1cc(N)cc([C@H]2CN(C(=O)c3cccnn3)CCO2)n1. The van der Waals surface area contributed by atoms with Gasteiger partial charge in [0.05, 0.1) is 18.8 Å². The highest BCUT2D eigenvalue weighted by Gasteiger charge is 2.27. The first-order valence-electron chi connectivity index (χ1n) is 7.06. The first-order valence-corrected chi connectivity index (χ1v) is 7.06. The number of carbonyl (C=O) groups is 1. The second-order valence-electron chi connectivity index (χ2n) is 5.19. The maximum Gasteiger partial charge on any atom is 0.274 e. The molecule has 22 heavy (non-hydrogen) atoms. The third kappa shape index (κ3) is 3.04. The summed E-state index contributed by atoms with van der Waals surface area (Å²) in [6, 6.07) is 6.94. The Kier molecular flexibility index (Phi) is 3.97. The zero-order chi connectivity index (χ0) is 15.5. The van der Waals surface area contributed by atoms with Gasteiger partial charge in [0, 0.05) is 24.1 Å². The zero-order valence-electron chi connectivity index (χ0n) is 12.3. The molecule has 2 aromatic heterocycles. The molecule has 1 aliphatic rings. The molecule has 2 N–H and O–H groups in total. The topological polar surface area (TPSA) is 94.2 Å². The fourth-order valence-electron chi connectivity index (χ4n) is 2.48. The summed E-state index contributed by atoms with van der Waals surface area (Å²) in [7, 11) is 0. The van der Waals surface area contributed by atoms with E-state index in [2.05, 4.69) is 15.2 Å². The van der Waals surface area contributed by atoms with Gasteiger partial charge >= 0.3 is 0 Å². The Morgan fingerprint density at radius 3 is 3.05 bits per heavy atom. The van der Waals surface area contributed by atoms with Gasteiger partial charge in [0.15, 0.2) is 5.69 Å². The van der Waals surface area contributed by atoms with Crippen molar-refractivity contribution in [1.82, 2.24) is 20.1 Å². The smallest absolute Gasteiger partial charge is 0.274 e. The van der Waals surface area contributed by atoms with Gasteiger partial charge in [-0.1, -0.05) is 0 Å². The summed E-state index contributed by atoms with van der Waals surface area (Å²) < 4.78 is 5.74. The summed E-state index contributed by atoms with van der Waals surface area (Å²) in [5.41, 5.74) is 8.41. The Morgan fingerprint density at radius 1 is 1.45 bits per heavy atom. The predicted molar refractivity (Wildman–Crippen MR) is 80.0 cm³/mol. The molecule has 1 saturated heterocycles. The molecule has 0 aromatic carbocycles. The molecule has 1 amide bonds. The summed E-state index contributed by atoms with van der Waals surface area (Å²) in [6.45, 7) is 3.27. The van der Waals surface area contributed by atoms with E-state index in [-0.39, 0.29) is 12.0 Å². The van der Waals surface area contributed by atoms with Crippen molar-refractivity contribution in [2.75, 3.05) is 25.4 Å². The quantitative estimate of drug-likeness (QED) is 0.888. The van der Waals surface area contributed by atoms with Crippen molar-refractivity contribution in [3.63, 3.8) is 0 Å². The van der Waals surface area contributed by atoms with Crippen molar-refractivity contribution in [2.24, 2.45) is 0 Å². The first-order chi connectivity index (χ1) is 10.6. The Balaban J connectivity index is 1.78. The average molecular weight is 299 g/mol. The third-order valence-electron chi connectivity index (χ3n) is 3.47. The number of aryl methyl sites for hydroxylation is 1. The average Bonchev–Trinajstić information content (AvgIpc) is 2.54. The third-order valence-corrected chi connectivity index (χ3v) is 3.47. The molecule has 7 nitrogen and oxygen atoms in total.